The zero-order valence-electron chi connectivity index (χ0n) is 29.0. The number of alkyl halides is 6. The minimum atomic E-state index is -4.70. The smallest absolute Gasteiger partial charge is 0.289 e. The molecule has 0 amide bonds. The molecule has 0 spiro atoms. The normalized spacial score (nSPS) is 12.3. The first kappa shape index (κ1) is 36.8. The number of nitriles is 4. The zero-order valence-corrected chi connectivity index (χ0v) is 29.0. The summed E-state index contributed by atoms with van der Waals surface area (Å²) in [7, 11) is 0. The average Bonchev–Trinajstić information content (AvgIpc) is 3.64. The molecule has 0 unspecified atom stereocenters. The minimum absolute atomic E-state index is 0.00844. The number of rotatable bonds is 4. The number of fused-ring (bicyclic) bond motifs is 6. The van der Waals surface area contributed by atoms with E-state index in [1.165, 1.54) is 50.2 Å². The van der Waals surface area contributed by atoms with Crippen LogP contribution in [0.1, 0.15) is 76.4 Å². The molecule has 5 aromatic rings. The van der Waals surface area contributed by atoms with Gasteiger partial charge in [-0.05, 0) is 130 Å². The molecular formula is C44H20F6N4O2. The van der Waals surface area contributed by atoms with E-state index in [2.05, 4.69) is 0 Å². The summed E-state index contributed by atoms with van der Waals surface area (Å²) < 4.78 is 81.6. The summed E-state index contributed by atoms with van der Waals surface area (Å²) in [6.07, 6.45) is -9.40. The Bertz CT molecular complexity index is 2660. The van der Waals surface area contributed by atoms with Gasteiger partial charge >= 0.3 is 12.4 Å². The number of carbonyl (C=O) groups excluding carboxylic acids is 2. The van der Waals surface area contributed by atoms with Crippen LogP contribution in [-0.4, -0.2) is 11.6 Å². The Balaban J connectivity index is 1.40. The maximum atomic E-state index is 13.6. The van der Waals surface area contributed by atoms with Crippen molar-refractivity contribution in [1.29, 1.82) is 21.0 Å². The molecule has 7 rings (SSSR count). The van der Waals surface area contributed by atoms with Crippen LogP contribution >= 0.6 is 0 Å². The van der Waals surface area contributed by atoms with E-state index in [1.54, 1.807) is 24.3 Å². The van der Waals surface area contributed by atoms with E-state index in [4.69, 9.17) is 0 Å². The molecule has 56 heavy (non-hydrogen) atoms. The fraction of sp³-hybridized carbons (Fsp3) is 0.0909. The Morgan fingerprint density at radius 3 is 1.11 bits per heavy atom. The van der Waals surface area contributed by atoms with Gasteiger partial charge in [0, 0.05) is 33.4 Å². The first-order valence-corrected chi connectivity index (χ1v) is 16.5. The molecule has 0 bridgehead atoms. The van der Waals surface area contributed by atoms with Crippen molar-refractivity contribution >= 4 is 22.7 Å². The van der Waals surface area contributed by atoms with Crippen molar-refractivity contribution in [1.82, 2.24) is 0 Å². The van der Waals surface area contributed by atoms with Crippen LogP contribution in [0.15, 0.2) is 96.1 Å². The SMILES string of the molecule is Cc1cc(C(=O)c2ccc3c(c2)C(=C(C#N)C#N)c2cc4c(cc2-3)-c2ccc(C(=O)c3cc(C)cc(C(F)(F)F)c3)cc2C4=C(C#N)C#N)cc(C(F)(F)F)c1. The summed E-state index contributed by atoms with van der Waals surface area (Å²) in [5, 5.41) is 40.2. The Morgan fingerprint density at radius 1 is 0.429 bits per heavy atom. The highest BCUT2D eigenvalue weighted by Crippen LogP contribution is 2.54. The molecule has 0 heterocycles. The number of hydrogen-bond donors (Lipinski definition) is 0. The third kappa shape index (κ3) is 6.00. The third-order valence-electron chi connectivity index (χ3n) is 9.66. The number of carbonyl (C=O) groups is 2. The van der Waals surface area contributed by atoms with Crippen LogP contribution in [0.25, 0.3) is 33.4 Å². The molecule has 2 aliphatic rings. The Morgan fingerprint density at radius 2 is 0.768 bits per heavy atom. The van der Waals surface area contributed by atoms with Gasteiger partial charge in [0.1, 0.15) is 35.4 Å². The Labute approximate surface area is 314 Å². The quantitative estimate of drug-likeness (QED) is 0.100. The van der Waals surface area contributed by atoms with Gasteiger partial charge in [-0.25, -0.2) is 0 Å². The summed E-state index contributed by atoms with van der Waals surface area (Å²) >= 11 is 0. The summed E-state index contributed by atoms with van der Waals surface area (Å²) in [4.78, 5) is 27.3. The van der Waals surface area contributed by atoms with Crippen LogP contribution in [0.2, 0.25) is 0 Å². The highest BCUT2D eigenvalue weighted by atomic mass is 19.4. The average molecular weight is 751 g/mol. The molecule has 0 fully saturated rings. The number of halogens is 6. The van der Waals surface area contributed by atoms with Gasteiger partial charge in [0.2, 0.25) is 0 Å². The molecule has 5 aromatic carbocycles. The predicted molar refractivity (Wildman–Crippen MR) is 191 cm³/mol. The maximum Gasteiger partial charge on any atom is 0.416 e. The molecule has 0 saturated heterocycles. The second kappa shape index (κ2) is 13.1. The zero-order chi connectivity index (χ0) is 40.4. The monoisotopic (exact) mass is 750 g/mol. The van der Waals surface area contributed by atoms with Gasteiger partial charge in [0.05, 0.1) is 11.1 Å². The van der Waals surface area contributed by atoms with E-state index in [1.807, 2.05) is 24.3 Å². The highest BCUT2D eigenvalue weighted by Gasteiger charge is 2.36. The van der Waals surface area contributed by atoms with Crippen LogP contribution in [-0.2, 0) is 12.4 Å². The van der Waals surface area contributed by atoms with Crippen molar-refractivity contribution in [3.05, 3.63) is 163 Å². The first-order chi connectivity index (χ1) is 26.5. The molecule has 0 aliphatic heterocycles. The van der Waals surface area contributed by atoms with Gasteiger partial charge in [-0.2, -0.15) is 47.4 Å². The third-order valence-corrected chi connectivity index (χ3v) is 9.66. The van der Waals surface area contributed by atoms with Crippen molar-refractivity contribution in [2.75, 3.05) is 0 Å². The van der Waals surface area contributed by atoms with Gasteiger partial charge in [-0.3, -0.25) is 9.59 Å². The molecular weight excluding hydrogens is 730 g/mol. The number of hydrogen-bond acceptors (Lipinski definition) is 6. The van der Waals surface area contributed by atoms with Crippen molar-refractivity contribution < 1.29 is 35.9 Å². The molecule has 0 N–H and O–H groups in total. The molecule has 6 nitrogen and oxygen atoms in total. The summed E-state index contributed by atoms with van der Waals surface area (Å²) in [6, 6.07) is 25.5. The predicted octanol–water partition coefficient (Wildman–Crippen LogP) is 10.5. The first-order valence-electron chi connectivity index (χ1n) is 16.5. The van der Waals surface area contributed by atoms with Gasteiger partial charge in [0.15, 0.2) is 11.6 Å². The lowest BCUT2D eigenvalue weighted by atomic mass is 9.92. The summed E-state index contributed by atoms with van der Waals surface area (Å²) in [5.41, 5.74) is 0.641. The summed E-state index contributed by atoms with van der Waals surface area (Å²) in [6.45, 7) is 2.86. The van der Waals surface area contributed by atoms with E-state index >= 15 is 0 Å². The van der Waals surface area contributed by atoms with Crippen molar-refractivity contribution in [2.45, 2.75) is 26.2 Å². The largest absolute Gasteiger partial charge is 0.416 e. The molecule has 12 heteroatoms. The molecule has 2 aliphatic carbocycles. The van der Waals surface area contributed by atoms with E-state index in [-0.39, 0.29) is 66.8 Å². The van der Waals surface area contributed by atoms with Gasteiger partial charge in [0.25, 0.3) is 0 Å². The molecule has 0 atom stereocenters. The van der Waals surface area contributed by atoms with Crippen molar-refractivity contribution in [2.24, 2.45) is 0 Å². The second-order valence-corrected chi connectivity index (χ2v) is 13.2. The van der Waals surface area contributed by atoms with Gasteiger partial charge < -0.3 is 0 Å². The highest BCUT2D eigenvalue weighted by molar-refractivity contribution is 6.15. The fourth-order valence-corrected chi connectivity index (χ4v) is 7.30. The van der Waals surface area contributed by atoms with Crippen molar-refractivity contribution in [3.8, 4) is 46.5 Å². The van der Waals surface area contributed by atoms with Crippen LogP contribution in [0.5, 0.6) is 0 Å². The van der Waals surface area contributed by atoms with E-state index in [9.17, 15) is 57.0 Å². The number of aryl methyl sites for hydroxylation is 2. The number of benzene rings is 5. The summed E-state index contributed by atoms with van der Waals surface area (Å²) in [5.74, 6) is -1.46. The minimum Gasteiger partial charge on any atom is -0.289 e. The standard InChI is InChI=1S/C44H20F6N4O2/c1-21-7-25(11-29(9-21)43(45,46)47)41(55)23-3-5-31-33-15-34-32-6-4-24(42(56)26-8-22(2)10-30(12-26)44(48,49)50)14-36(32)40(28(19-53)20-54)38(34)16-37(33)39(35(31)13-23)27(17-51)18-52/h3-16H,1-2H3. The molecule has 270 valence electrons. The van der Waals surface area contributed by atoms with Crippen LogP contribution in [0.3, 0.4) is 0 Å². The van der Waals surface area contributed by atoms with E-state index in [0.717, 1.165) is 24.3 Å². The topological polar surface area (TPSA) is 129 Å². The number of allylic oxidation sites excluding steroid dienone is 2. The Hall–Kier alpha value is -7.54. The van der Waals surface area contributed by atoms with Crippen LogP contribution in [0.4, 0.5) is 26.3 Å². The van der Waals surface area contributed by atoms with E-state index < -0.39 is 35.0 Å². The second-order valence-electron chi connectivity index (χ2n) is 13.2. The van der Waals surface area contributed by atoms with Gasteiger partial charge in [-0.1, -0.05) is 24.3 Å². The lowest BCUT2D eigenvalue weighted by Crippen LogP contribution is -2.09. The fourth-order valence-electron chi connectivity index (χ4n) is 7.30. The number of nitrogens with zero attached hydrogens (tertiary/aromatic N) is 4. The maximum absolute atomic E-state index is 13.6. The molecule has 0 radical (unpaired) electrons. The van der Waals surface area contributed by atoms with Gasteiger partial charge in [-0.15, -0.1) is 0 Å². The van der Waals surface area contributed by atoms with E-state index in [0.29, 0.717) is 33.4 Å². The van der Waals surface area contributed by atoms with Crippen LogP contribution < -0.4 is 0 Å². The lowest BCUT2D eigenvalue weighted by molar-refractivity contribution is -0.138. The lowest BCUT2D eigenvalue weighted by Gasteiger charge is -2.11. The van der Waals surface area contributed by atoms with Crippen molar-refractivity contribution in [3.63, 3.8) is 0 Å². The van der Waals surface area contributed by atoms with Crippen LogP contribution in [0, 0.1) is 59.2 Å². The Kier molecular flexibility index (Phi) is 8.60. The number of ketones is 2. The molecule has 0 aromatic heterocycles. The molecule has 0 saturated carbocycles.